The third-order valence-electron chi connectivity index (χ3n) is 7.49. The second kappa shape index (κ2) is 8.82. The van der Waals surface area contributed by atoms with Crippen LogP contribution in [0.4, 0.5) is 0 Å². The largest absolute Gasteiger partial charge is 0.465 e. The van der Waals surface area contributed by atoms with Gasteiger partial charge < -0.3 is 24.4 Å². The minimum Gasteiger partial charge on any atom is -0.465 e. The number of aliphatic hydroxyl groups excluding tert-OH is 1. The Hall–Kier alpha value is -3.57. The molecule has 4 aliphatic heterocycles. The van der Waals surface area contributed by atoms with Crippen LogP contribution < -0.4 is 0 Å². The maximum Gasteiger partial charge on any atom is 0.312 e. The average molecular weight is 494 g/mol. The van der Waals surface area contributed by atoms with E-state index in [0.717, 1.165) is 5.52 Å². The van der Waals surface area contributed by atoms with Crippen molar-refractivity contribution in [3.63, 3.8) is 0 Å². The van der Waals surface area contributed by atoms with Crippen LogP contribution in [0.5, 0.6) is 0 Å². The van der Waals surface area contributed by atoms with Crippen molar-refractivity contribution in [2.45, 2.75) is 37.3 Å². The Kier molecular flexibility index (Phi) is 5.60. The number of aliphatic hydroxyl groups is 1. The highest BCUT2D eigenvalue weighted by Crippen LogP contribution is 2.53. The molecule has 5 atom stereocenters. The summed E-state index contributed by atoms with van der Waals surface area (Å²) in [6.45, 7) is 0.684. The average Bonchev–Trinajstić information content (AvgIpc) is 3.45. The smallest absolute Gasteiger partial charge is 0.312 e. The standard InChI is InChI=1S/C25H27N5O6/c31-13-6-12-29-21-23(33)28(15-30-17-8-2-1-7-16(17)26-27-30)11-5-10-25(21)20(22(29)32)19-18(36-25)9-3-4-14-35-24(19)34/h1-3,5,7-10,18-21,31H,4,6,11-15H2/t18-,19?,20+,21-,25?/m1/s1. The predicted molar refractivity (Wildman–Crippen MR) is 125 cm³/mol. The number of fused-ring (bicyclic) bond motifs is 3. The minimum atomic E-state index is -1.31. The molecule has 5 heterocycles. The number of benzene rings is 1. The summed E-state index contributed by atoms with van der Waals surface area (Å²) in [6, 6.07) is 6.50. The van der Waals surface area contributed by atoms with Crippen LogP contribution in [-0.4, -0.2) is 91.7 Å². The highest BCUT2D eigenvalue weighted by molar-refractivity contribution is 5.99. The first-order valence-electron chi connectivity index (χ1n) is 12.2. The second-order valence-corrected chi connectivity index (χ2v) is 9.52. The molecule has 1 N–H and O–H groups in total. The lowest BCUT2D eigenvalue weighted by Gasteiger charge is -2.35. The van der Waals surface area contributed by atoms with Crippen LogP contribution in [0.3, 0.4) is 0 Å². The number of cyclic esters (lactones) is 1. The van der Waals surface area contributed by atoms with Crippen LogP contribution in [0.2, 0.25) is 0 Å². The van der Waals surface area contributed by atoms with Gasteiger partial charge >= 0.3 is 5.97 Å². The van der Waals surface area contributed by atoms with Gasteiger partial charge in [-0.1, -0.05) is 41.7 Å². The van der Waals surface area contributed by atoms with Gasteiger partial charge in [-0.3, -0.25) is 14.4 Å². The van der Waals surface area contributed by atoms with Crippen LogP contribution in [0.25, 0.3) is 11.0 Å². The number of hydrogen-bond donors (Lipinski definition) is 1. The molecule has 36 heavy (non-hydrogen) atoms. The molecule has 0 saturated carbocycles. The Morgan fingerprint density at radius 2 is 2.00 bits per heavy atom. The van der Waals surface area contributed by atoms with Gasteiger partial charge in [-0.05, 0) is 25.0 Å². The van der Waals surface area contributed by atoms with Gasteiger partial charge in [0.1, 0.15) is 29.7 Å². The van der Waals surface area contributed by atoms with E-state index in [2.05, 4.69) is 10.3 Å². The number of hydrogen-bond acceptors (Lipinski definition) is 8. The van der Waals surface area contributed by atoms with Gasteiger partial charge in [0.05, 0.1) is 24.1 Å². The summed E-state index contributed by atoms with van der Waals surface area (Å²) >= 11 is 0. The number of aromatic nitrogens is 3. The van der Waals surface area contributed by atoms with Crippen molar-refractivity contribution >= 4 is 28.8 Å². The number of para-hydroxylation sites is 1. The van der Waals surface area contributed by atoms with Gasteiger partial charge in [-0.2, -0.15) is 0 Å². The van der Waals surface area contributed by atoms with Crippen molar-refractivity contribution in [2.75, 3.05) is 26.3 Å². The third kappa shape index (κ3) is 3.37. The number of nitrogens with zero attached hydrogens (tertiary/aromatic N) is 5. The van der Waals surface area contributed by atoms with Crippen LogP contribution in [0.15, 0.2) is 48.6 Å². The molecule has 188 valence electrons. The highest BCUT2D eigenvalue weighted by atomic mass is 16.6. The number of carbonyl (C=O) groups is 3. The molecule has 0 bridgehead atoms. The molecule has 1 spiro atoms. The van der Waals surface area contributed by atoms with Crippen molar-refractivity contribution in [3.8, 4) is 0 Å². The Morgan fingerprint density at radius 3 is 2.86 bits per heavy atom. The Bertz CT molecular complexity index is 1270. The van der Waals surface area contributed by atoms with Crippen LogP contribution in [0.1, 0.15) is 12.8 Å². The van der Waals surface area contributed by atoms with Crippen LogP contribution >= 0.6 is 0 Å². The van der Waals surface area contributed by atoms with E-state index in [1.54, 1.807) is 15.7 Å². The zero-order valence-corrected chi connectivity index (χ0v) is 19.6. The molecule has 2 saturated heterocycles. The Morgan fingerprint density at radius 1 is 1.14 bits per heavy atom. The fraction of sp³-hybridized carbons (Fsp3) is 0.480. The van der Waals surface area contributed by atoms with Gasteiger partial charge in [0.15, 0.2) is 0 Å². The van der Waals surface area contributed by atoms with Gasteiger partial charge in [-0.25, -0.2) is 4.68 Å². The molecule has 0 radical (unpaired) electrons. The van der Waals surface area contributed by atoms with Gasteiger partial charge in [0.25, 0.3) is 5.91 Å². The zero-order valence-electron chi connectivity index (χ0n) is 19.6. The Labute approximate surface area is 206 Å². The van der Waals surface area contributed by atoms with Gasteiger partial charge in [0, 0.05) is 19.7 Å². The van der Waals surface area contributed by atoms with E-state index < -0.39 is 35.6 Å². The third-order valence-corrected chi connectivity index (χ3v) is 7.49. The molecule has 6 rings (SSSR count). The first-order valence-corrected chi connectivity index (χ1v) is 12.2. The Balaban J connectivity index is 1.39. The summed E-state index contributed by atoms with van der Waals surface area (Å²) in [4.78, 5) is 44.0. The minimum absolute atomic E-state index is 0.134. The predicted octanol–water partition coefficient (Wildman–Crippen LogP) is 0.254. The van der Waals surface area contributed by atoms with E-state index in [9.17, 15) is 19.5 Å². The van der Waals surface area contributed by atoms with Crippen molar-refractivity contribution < 1.29 is 29.0 Å². The van der Waals surface area contributed by atoms with Crippen molar-refractivity contribution in [3.05, 3.63) is 48.6 Å². The SMILES string of the molecule is O=C1OCCC=C[C@H]2OC34C=CCN(Cn5nnc6ccccc65)C(=O)[C@H]3N(CCCO)C(=O)[C@@H]4C12. The summed E-state index contributed by atoms with van der Waals surface area (Å²) in [7, 11) is 0. The number of amides is 2. The number of rotatable bonds is 5. The van der Waals surface area contributed by atoms with Crippen molar-refractivity contribution in [1.82, 2.24) is 24.8 Å². The summed E-state index contributed by atoms with van der Waals surface area (Å²) in [5, 5.41) is 17.9. The molecule has 11 heteroatoms. The lowest BCUT2D eigenvalue weighted by molar-refractivity contribution is -0.155. The summed E-state index contributed by atoms with van der Waals surface area (Å²) < 4.78 is 13.6. The molecule has 2 amide bonds. The van der Waals surface area contributed by atoms with E-state index in [-0.39, 0.29) is 44.8 Å². The molecule has 2 aromatic rings. The first kappa shape index (κ1) is 22.9. The topological polar surface area (TPSA) is 127 Å². The number of ether oxygens (including phenoxy) is 2. The van der Waals surface area contributed by atoms with Gasteiger partial charge in [0.2, 0.25) is 5.91 Å². The van der Waals surface area contributed by atoms with E-state index >= 15 is 0 Å². The molecule has 1 aromatic carbocycles. The van der Waals surface area contributed by atoms with E-state index in [1.807, 2.05) is 42.5 Å². The lowest BCUT2D eigenvalue weighted by Crippen LogP contribution is -2.55. The van der Waals surface area contributed by atoms with E-state index in [1.165, 1.54) is 4.90 Å². The van der Waals surface area contributed by atoms with Crippen LogP contribution in [0, 0.1) is 11.8 Å². The maximum atomic E-state index is 14.1. The molecule has 0 aliphatic carbocycles. The molecule has 4 aliphatic rings. The number of esters is 1. The zero-order chi connectivity index (χ0) is 24.9. The number of likely N-dealkylation sites (tertiary alicyclic amines) is 1. The van der Waals surface area contributed by atoms with E-state index in [4.69, 9.17) is 9.47 Å². The second-order valence-electron chi connectivity index (χ2n) is 9.52. The summed E-state index contributed by atoms with van der Waals surface area (Å²) in [5.74, 6) is -2.87. The highest BCUT2D eigenvalue weighted by Gasteiger charge is 2.71. The molecular weight excluding hydrogens is 466 g/mol. The summed E-state index contributed by atoms with van der Waals surface area (Å²) in [5.41, 5.74) is 0.189. The maximum absolute atomic E-state index is 14.1. The van der Waals surface area contributed by atoms with Gasteiger partial charge in [-0.15, -0.1) is 5.10 Å². The molecular formula is C25H27N5O6. The fourth-order valence-electron chi connectivity index (χ4n) is 5.95. The normalized spacial score (nSPS) is 31.6. The molecule has 2 fully saturated rings. The number of carbonyl (C=O) groups excluding carboxylic acids is 3. The van der Waals surface area contributed by atoms with Crippen LogP contribution in [-0.2, 0) is 30.5 Å². The summed E-state index contributed by atoms with van der Waals surface area (Å²) in [6.07, 6.45) is 7.48. The lowest BCUT2D eigenvalue weighted by atomic mass is 9.78. The monoisotopic (exact) mass is 493 g/mol. The quantitative estimate of drug-likeness (QED) is 0.464. The van der Waals surface area contributed by atoms with Crippen molar-refractivity contribution in [2.24, 2.45) is 11.8 Å². The van der Waals surface area contributed by atoms with E-state index in [0.29, 0.717) is 18.4 Å². The molecule has 1 aromatic heterocycles. The molecule has 2 unspecified atom stereocenters. The first-order chi connectivity index (χ1) is 17.5. The molecule has 11 nitrogen and oxygen atoms in total. The van der Waals surface area contributed by atoms with Crippen molar-refractivity contribution in [1.29, 1.82) is 0 Å². The fourth-order valence-corrected chi connectivity index (χ4v) is 5.95.